The number of nitrogens with one attached hydrogen (secondary N) is 1. The van der Waals surface area contributed by atoms with Crippen molar-refractivity contribution in [2.45, 2.75) is 32.2 Å². The number of hydrogen-bond acceptors (Lipinski definition) is 1. The molecule has 1 aromatic rings. The number of hydrogen-bond donors (Lipinski definition) is 1. The van der Waals surface area contributed by atoms with Gasteiger partial charge in [-0.05, 0) is 42.1 Å². The molecule has 0 aliphatic heterocycles. The molecule has 76 valence electrons. The van der Waals surface area contributed by atoms with Gasteiger partial charge in [-0.25, -0.2) is 4.39 Å². The molecule has 0 aromatic heterocycles. The van der Waals surface area contributed by atoms with Gasteiger partial charge < -0.3 is 5.32 Å². The van der Waals surface area contributed by atoms with Crippen molar-refractivity contribution in [1.29, 1.82) is 0 Å². The fourth-order valence-corrected chi connectivity index (χ4v) is 2.34. The Balaban J connectivity index is 2.35. The zero-order valence-corrected chi connectivity index (χ0v) is 8.68. The molecule has 1 aliphatic carbocycles. The Hall–Kier alpha value is -0.890. The van der Waals surface area contributed by atoms with Gasteiger partial charge in [-0.15, -0.1) is 0 Å². The maximum atomic E-state index is 13.1. The van der Waals surface area contributed by atoms with E-state index in [9.17, 15) is 4.39 Å². The van der Waals surface area contributed by atoms with Gasteiger partial charge in [0.05, 0.1) is 0 Å². The molecule has 0 spiro atoms. The fourth-order valence-electron chi connectivity index (χ4n) is 2.34. The molecule has 14 heavy (non-hydrogen) atoms. The Morgan fingerprint density at radius 3 is 2.93 bits per heavy atom. The summed E-state index contributed by atoms with van der Waals surface area (Å²) in [4.78, 5) is 0. The van der Waals surface area contributed by atoms with E-state index in [-0.39, 0.29) is 5.82 Å². The zero-order valence-electron chi connectivity index (χ0n) is 8.68. The molecule has 0 radical (unpaired) electrons. The van der Waals surface area contributed by atoms with Gasteiger partial charge in [0.2, 0.25) is 0 Å². The van der Waals surface area contributed by atoms with E-state index in [0.29, 0.717) is 12.0 Å². The predicted molar refractivity (Wildman–Crippen MR) is 55.8 cm³/mol. The largest absolute Gasteiger partial charge is 0.310 e. The number of fused-ring (bicyclic) bond motifs is 1. The zero-order chi connectivity index (χ0) is 10.1. The summed E-state index contributed by atoms with van der Waals surface area (Å²) in [5.74, 6) is 0.426. The quantitative estimate of drug-likeness (QED) is 0.761. The average molecular weight is 193 g/mol. The van der Waals surface area contributed by atoms with Crippen molar-refractivity contribution in [2.75, 3.05) is 6.54 Å². The van der Waals surface area contributed by atoms with Crippen molar-refractivity contribution in [1.82, 2.24) is 5.32 Å². The van der Waals surface area contributed by atoms with Crippen LogP contribution in [-0.2, 0) is 0 Å². The molecule has 2 atom stereocenters. The van der Waals surface area contributed by atoms with E-state index >= 15 is 0 Å². The van der Waals surface area contributed by atoms with Crippen LogP contribution in [0.4, 0.5) is 4.39 Å². The molecule has 0 bridgehead atoms. The molecule has 0 amide bonds. The van der Waals surface area contributed by atoms with Crippen molar-refractivity contribution in [3.63, 3.8) is 0 Å². The van der Waals surface area contributed by atoms with Crippen LogP contribution < -0.4 is 5.32 Å². The van der Waals surface area contributed by atoms with E-state index in [2.05, 4.69) is 19.2 Å². The van der Waals surface area contributed by atoms with Crippen LogP contribution in [0.1, 0.15) is 43.4 Å². The Morgan fingerprint density at radius 1 is 1.43 bits per heavy atom. The molecule has 0 heterocycles. The van der Waals surface area contributed by atoms with Gasteiger partial charge in [-0.2, -0.15) is 0 Å². The highest BCUT2D eigenvalue weighted by molar-refractivity contribution is 5.38. The van der Waals surface area contributed by atoms with Crippen LogP contribution >= 0.6 is 0 Å². The number of rotatable bonds is 2. The lowest BCUT2D eigenvalue weighted by Gasteiger charge is -2.11. The minimum Gasteiger partial charge on any atom is -0.310 e. The monoisotopic (exact) mass is 193 g/mol. The highest BCUT2D eigenvalue weighted by Crippen LogP contribution is 2.39. The second-order valence-corrected chi connectivity index (χ2v) is 4.02. The van der Waals surface area contributed by atoms with Crippen LogP contribution in [-0.4, -0.2) is 6.54 Å². The lowest BCUT2D eigenvalue weighted by atomic mass is 10.0. The van der Waals surface area contributed by atoms with Crippen molar-refractivity contribution in [3.8, 4) is 0 Å². The smallest absolute Gasteiger partial charge is 0.123 e. The Kier molecular flexibility index (Phi) is 2.55. The van der Waals surface area contributed by atoms with Gasteiger partial charge >= 0.3 is 0 Å². The molecular formula is C12H16FN. The summed E-state index contributed by atoms with van der Waals surface area (Å²) in [6, 6.07) is 5.50. The molecule has 1 nitrogen and oxygen atoms in total. The first-order valence-corrected chi connectivity index (χ1v) is 5.25. The normalized spacial score (nSPS) is 25.1. The molecular weight excluding hydrogens is 177 g/mol. The van der Waals surface area contributed by atoms with Crippen molar-refractivity contribution < 1.29 is 4.39 Å². The molecule has 1 aliphatic rings. The van der Waals surface area contributed by atoms with Crippen molar-refractivity contribution in [2.24, 2.45) is 0 Å². The summed E-state index contributed by atoms with van der Waals surface area (Å²) in [5.41, 5.74) is 2.46. The Bertz CT molecular complexity index is 335. The second kappa shape index (κ2) is 3.70. The van der Waals surface area contributed by atoms with Gasteiger partial charge in [0, 0.05) is 6.04 Å². The number of halogens is 1. The van der Waals surface area contributed by atoms with Gasteiger partial charge in [0.1, 0.15) is 5.82 Å². The summed E-state index contributed by atoms with van der Waals surface area (Å²) < 4.78 is 13.1. The van der Waals surface area contributed by atoms with Crippen LogP contribution in [0.15, 0.2) is 18.2 Å². The van der Waals surface area contributed by atoms with Crippen LogP contribution in [0.3, 0.4) is 0 Å². The van der Waals surface area contributed by atoms with Gasteiger partial charge in [0.25, 0.3) is 0 Å². The van der Waals surface area contributed by atoms with Crippen molar-refractivity contribution in [3.05, 3.63) is 35.1 Å². The molecule has 2 heteroatoms. The fraction of sp³-hybridized carbons (Fsp3) is 0.500. The third-order valence-corrected chi connectivity index (χ3v) is 2.99. The van der Waals surface area contributed by atoms with Crippen molar-refractivity contribution >= 4 is 0 Å². The first-order valence-electron chi connectivity index (χ1n) is 5.25. The van der Waals surface area contributed by atoms with Gasteiger partial charge in [-0.3, -0.25) is 0 Å². The van der Waals surface area contributed by atoms with Crippen LogP contribution in [0.5, 0.6) is 0 Å². The average Bonchev–Trinajstić information content (AvgIpc) is 2.44. The summed E-state index contributed by atoms with van der Waals surface area (Å²) in [7, 11) is 0. The van der Waals surface area contributed by atoms with E-state index in [1.807, 2.05) is 6.07 Å². The molecule has 1 aromatic carbocycles. The van der Waals surface area contributed by atoms with E-state index in [1.165, 1.54) is 5.56 Å². The van der Waals surface area contributed by atoms with E-state index in [4.69, 9.17) is 0 Å². The summed E-state index contributed by atoms with van der Waals surface area (Å²) in [6.07, 6.45) is 1.09. The highest BCUT2D eigenvalue weighted by Gasteiger charge is 2.27. The van der Waals surface area contributed by atoms with Gasteiger partial charge in [0.15, 0.2) is 0 Å². The minimum absolute atomic E-state index is 0.124. The van der Waals surface area contributed by atoms with E-state index in [1.54, 1.807) is 12.1 Å². The first kappa shape index (κ1) is 9.66. The summed E-state index contributed by atoms with van der Waals surface area (Å²) >= 11 is 0. The van der Waals surface area contributed by atoms with Crippen LogP contribution in [0.25, 0.3) is 0 Å². The highest BCUT2D eigenvalue weighted by atomic mass is 19.1. The summed E-state index contributed by atoms with van der Waals surface area (Å²) in [6.45, 7) is 5.23. The maximum absolute atomic E-state index is 13.1. The molecule has 1 N–H and O–H groups in total. The van der Waals surface area contributed by atoms with Crippen LogP contribution in [0, 0.1) is 5.82 Å². The Morgan fingerprint density at radius 2 is 2.21 bits per heavy atom. The Labute approximate surface area is 84.3 Å². The second-order valence-electron chi connectivity index (χ2n) is 4.02. The SMILES string of the molecule is CCNC1CC(C)c2ccc(F)cc21. The molecule has 0 saturated heterocycles. The summed E-state index contributed by atoms with van der Waals surface area (Å²) in [5, 5.41) is 3.39. The van der Waals surface area contributed by atoms with Crippen LogP contribution in [0.2, 0.25) is 0 Å². The number of benzene rings is 1. The topological polar surface area (TPSA) is 12.0 Å². The standard InChI is InChI=1S/C12H16FN/c1-3-14-12-6-8(2)10-5-4-9(13)7-11(10)12/h4-5,7-8,12,14H,3,6H2,1-2H3. The maximum Gasteiger partial charge on any atom is 0.123 e. The third-order valence-electron chi connectivity index (χ3n) is 2.99. The lowest BCUT2D eigenvalue weighted by molar-refractivity contribution is 0.519. The molecule has 0 fully saturated rings. The molecule has 2 unspecified atom stereocenters. The first-order chi connectivity index (χ1) is 6.72. The minimum atomic E-state index is -0.124. The predicted octanol–water partition coefficient (Wildman–Crippen LogP) is 2.98. The lowest BCUT2D eigenvalue weighted by Crippen LogP contribution is -2.18. The molecule has 2 rings (SSSR count). The van der Waals surface area contributed by atoms with E-state index < -0.39 is 0 Å². The van der Waals surface area contributed by atoms with Gasteiger partial charge in [-0.1, -0.05) is 19.9 Å². The molecule has 0 saturated carbocycles. The van der Waals surface area contributed by atoms with E-state index in [0.717, 1.165) is 18.5 Å². The third kappa shape index (κ3) is 1.55.